The molecule has 2 aromatic heterocycles. The third kappa shape index (κ3) is 2.54. The molecule has 0 aromatic carbocycles. The van der Waals surface area contributed by atoms with Crippen molar-refractivity contribution in [3.05, 3.63) is 29.8 Å². The van der Waals surface area contributed by atoms with Crippen LogP contribution in [0.2, 0.25) is 0 Å². The fourth-order valence-corrected chi connectivity index (χ4v) is 1.96. The monoisotopic (exact) mass is 267 g/mol. The van der Waals surface area contributed by atoms with Crippen molar-refractivity contribution in [2.24, 2.45) is 5.73 Å². The second kappa shape index (κ2) is 4.46. The van der Waals surface area contributed by atoms with Crippen LogP contribution in [0, 0.1) is 6.92 Å². The van der Waals surface area contributed by atoms with Crippen LogP contribution in [-0.2, 0) is 16.4 Å². The van der Waals surface area contributed by atoms with Gasteiger partial charge in [0.05, 0.1) is 18.1 Å². The van der Waals surface area contributed by atoms with Gasteiger partial charge in [0.25, 0.3) is 5.95 Å². The average molecular weight is 267 g/mol. The van der Waals surface area contributed by atoms with Crippen molar-refractivity contribution < 1.29 is 8.42 Å². The van der Waals surface area contributed by atoms with E-state index in [1.807, 2.05) is 6.92 Å². The zero-order valence-corrected chi connectivity index (χ0v) is 10.8. The normalized spacial score (nSPS) is 11.7. The molecule has 0 unspecified atom stereocenters. The van der Waals surface area contributed by atoms with E-state index < -0.39 is 9.84 Å². The summed E-state index contributed by atoms with van der Waals surface area (Å²) in [6, 6.07) is 1.77. The molecule has 96 valence electrons. The summed E-state index contributed by atoms with van der Waals surface area (Å²) < 4.78 is 24.0. The predicted octanol–water partition coefficient (Wildman–Crippen LogP) is -0.167. The molecule has 0 saturated heterocycles. The van der Waals surface area contributed by atoms with Gasteiger partial charge in [-0.15, -0.1) is 0 Å². The molecular formula is C10H13N5O2S. The molecule has 0 spiro atoms. The van der Waals surface area contributed by atoms with E-state index in [0.717, 1.165) is 11.9 Å². The second-order valence-corrected chi connectivity index (χ2v) is 5.91. The molecule has 0 bridgehead atoms. The van der Waals surface area contributed by atoms with Gasteiger partial charge >= 0.3 is 0 Å². The Morgan fingerprint density at radius 3 is 2.67 bits per heavy atom. The maximum atomic E-state index is 11.4. The standard InChI is InChI=1S/C10H13N5O2S/c1-7-3-8(4-11)14-10(13-7)15-6-9(5-12-15)18(2,16)17/h3,5-6H,4,11H2,1-2H3. The first-order chi connectivity index (χ1) is 8.40. The summed E-state index contributed by atoms with van der Waals surface area (Å²) >= 11 is 0. The summed E-state index contributed by atoms with van der Waals surface area (Å²) in [5, 5.41) is 3.94. The molecule has 0 aliphatic carbocycles. The van der Waals surface area contributed by atoms with Gasteiger partial charge in [0, 0.05) is 18.5 Å². The second-order valence-electron chi connectivity index (χ2n) is 3.90. The Morgan fingerprint density at radius 1 is 1.39 bits per heavy atom. The molecule has 7 nitrogen and oxygen atoms in total. The third-order valence-corrected chi connectivity index (χ3v) is 3.36. The number of aromatic nitrogens is 4. The largest absolute Gasteiger partial charge is 0.325 e. The number of sulfone groups is 1. The maximum absolute atomic E-state index is 11.4. The molecule has 0 fully saturated rings. The topological polar surface area (TPSA) is 104 Å². The van der Waals surface area contributed by atoms with Gasteiger partial charge in [0.15, 0.2) is 9.84 Å². The van der Waals surface area contributed by atoms with Crippen molar-refractivity contribution in [3.63, 3.8) is 0 Å². The van der Waals surface area contributed by atoms with Gasteiger partial charge in [-0.3, -0.25) is 0 Å². The van der Waals surface area contributed by atoms with E-state index in [1.54, 1.807) is 6.07 Å². The highest BCUT2D eigenvalue weighted by atomic mass is 32.2. The van der Waals surface area contributed by atoms with E-state index in [-0.39, 0.29) is 11.4 Å². The fourth-order valence-electron chi connectivity index (χ4n) is 1.43. The van der Waals surface area contributed by atoms with Gasteiger partial charge < -0.3 is 5.73 Å². The van der Waals surface area contributed by atoms with Crippen LogP contribution in [0.4, 0.5) is 0 Å². The lowest BCUT2D eigenvalue weighted by molar-refractivity contribution is 0.602. The number of nitrogens with two attached hydrogens (primary N) is 1. The van der Waals surface area contributed by atoms with Gasteiger partial charge in [0.1, 0.15) is 4.90 Å². The number of rotatable bonds is 3. The van der Waals surface area contributed by atoms with Crippen LogP contribution in [0.3, 0.4) is 0 Å². The first kappa shape index (κ1) is 12.7. The van der Waals surface area contributed by atoms with E-state index in [1.165, 1.54) is 17.1 Å². The summed E-state index contributed by atoms with van der Waals surface area (Å²) in [6.07, 6.45) is 3.77. The van der Waals surface area contributed by atoms with Crippen LogP contribution in [0.25, 0.3) is 5.95 Å². The molecule has 2 heterocycles. The van der Waals surface area contributed by atoms with Crippen molar-refractivity contribution in [3.8, 4) is 5.95 Å². The fraction of sp³-hybridized carbons (Fsp3) is 0.300. The van der Waals surface area contributed by atoms with Gasteiger partial charge in [-0.05, 0) is 13.0 Å². The van der Waals surface area contributed by atoms with E-state index >= 15 is 0 Å². The SMILES string of the molecule is Cc1cc(CN)nc(-n2cc(S(C)(=O)=O)cn2)n1. The molecule has 8 heteroatoms. The zero-order chi connectivity index (χ0) is 13.3. The Bertz CT molecular complexity index is 677. The minimum atomic E-state index is -3.28. The van der Waals surface area contributed by atoms with E-state index in [2.05, 4.69) is 15.1 Å². The Hall–Kier alpha value is -1.80. The highest BCUT2D eigenvalue weighted by molar-refractivity contribution is 7.90. The minimum absolute atomic E-state index is 0.127. The smallest absolute Gasteiger partial charge is 0.251 e. The summed E-state index contributed by atoms with van der Waals surface area (Å²) in [5.74, 6) is 0.311. The highest BCUT2D eigenvalue weighted by Crippen LogP contribution is 2.10. The lowest BCUT2D eigenvalue weighted by Gasteiger charge is -2.03. The molecule has 2 aromatic rings. The summed E-state index contributed by atoms with van der Waals surface area (Å²) in [7, 11) is -3.28. The zero-order valence-electron chi connectivity index (χ0n) is 10.0. The first-order valence-corrected chi connectivity index (χ1v) is 7.09. The lowest BCUT2D eigenvalue weighted by atomic mass is 10.3. The molecule has 0 aliphatic heterocycles. The molecular weight excluding hydrogens is 254 g/mol. The molecule has 0 amide bonds. The Morgan fingerprint density at radius 2 is 2.11 bits per heavy atom. The minimum Gasteiger partial charge on any atom is -0.325 e. The molecule has 2 N–H and O–H groups in total. The van der Waals surface area contributed by atoms with Crippen molar-refractivity contribution >= 4 is 9.84 Å². The quantitative estimate of drug-likeness (QED) is 0.828. The molecule has 18 heavy (non-hydrogen) atoms. The van der Waals surface area contributed by atoms with Crippen LogP contribution >= 0.6 is 0 Å². The van der Waals surface area contributed by atoms with Gasteiger partial charge in [-0.25, -0.2) is 23.1 Å². The van der Waals surface area contributed by atoms with Gasteiger partial charge in [-0.1, -0.05) is 0 Å². The molecule has 0 radical (unpaired) electrons. The summed E-state index contributed by atoms with van der Waals surface area (Å²) in [5.41, 5.74) is 6.95. The van der Waals surface area contributed by atoms with E-state index in [0.29, 0.717) is 11.6 Å². The summed E-state index contributed by atoms with van der Waals surface area (Å²) in [4.78, 5) is 8.50. The van der Waals surface area contributed by atoms with Crippen LogP contribution in [0.5, 0.6) is 0 Å². The van der Waals surface area contributed by atoms with Crippen molar-refractivity contribution in [1.29, 1.82) is 0 Å². The third-order valence-electron chi connectivity index (χ3n) is 2.30. The van der Waals surface area contributed by atoms with Gasteiger partial charge in [-0.2, -0.15) is 5.10 Å². The van der Waals surface area contributed by atoms with Crippen LogP contribution in [0.15, 0.2) is 23.4 Å². The number of hydrogen-bond acceptors (Lipinski definition) is 6. The van der Waals surface area contributed by atoms with E-state index in [4.69, 9.17) is 5.73 Å². The van der Waals surface area contributed by atoms with E-state index in [9.17, 15) is 8.42 Å². The van der Waals surface area contributed by atoms with Crippen LogP contribution < -0.4 is 5.73 Å². The molecule has 0 aliphatic rings. The Labute approximate surface area is 105 Å². The van der Waals surface area contributed by atoms with Gasteiger partial charge in [0.2, 0.25) is 0 Å². The lowest BCUT2D eigenvalue weighted by Crippen LogP contribution is -2.08. The number of hydrogen-bond donors (Lipinski definition) is 1. The highest BCUT2D eigenvalue weighted by Gasteiger charge is 2.12. The molecule has 2 rings (SSSR count). The van der Waals surface area contributed by atoms with Crippen molar-refractivity contribution in [2.75, 3.05) is 6.26 Å². The van der Waals surface area contributed by atoms with Crippen molar-refractivity contribution in [2.45, 2.75) is 18.4 Å². The predicted molar refractivity (Wildman–Crippen MR) is 64.9 cm³/mol. The maximum Gasteiger partial charge on any atom is 0.251 e. The molecule has 0 saturated carbocycles. The van der Waals surface area contributed by atoms with Crippen LogP contribution in [0.1, 0.15) is 11.4 Å². The summed E-state index contributed by atoms with van der Waals surface area (Å²) in [6.45, 7) is 2.10. The number of nitrogens with zero attached hydrogens (tertiary/aromatic N) is 4. The first-order valence-electron chi connectivity index (χ1n) is 5.20. The molecule has 0 atom stereocenters. The Kier molecular flexibility index (Phi) is 3.14. The number of aryl methyl sites for hydroxylation is 1. The van der Waals surface area contributed by atoms with Crippen LogP contribution in [-0.4, -0.2) is 34.4 Å². The average Bonchev–Trinajstić information content (AvgIpc) is 2.77. The Balaban J connectivity index is 2.49. The van der Waals surface area contributed by atoms with Crippen molar-refractivity contribution in [1.82, 2.24) is 19.7 Å².